The number of carbonyl (C=O) groups excluding carboxylic acids is 1. The fourth-order valence-electron chi connectivity index (χ4n) is 1.45. The summed E-state index contributed by atoms with van der Waals surface area (Å²) >= 11 is -1.76. The third kappa shape index (κ3) is 2.95. The lowest BCUT2D eigenvalue weighted by molar-refractivity contribution is 0.1000. The van der Waals surface area contributed by atoms with E-state index in [1.54, 1.807) is 11.8 Å². The molecule has 0 aromatic carbocycles. The van der Waals surface area contributed by atoms with Gasteiger partial charge in [0.05, 0.1) is 11.9 Å². The van der Waals surface area contributed by atoms with Crippen molar-refractivity contribution in [1.82, 2.24) is 4.90 Å². The summed E-state index contributed by atoms with van der Waals surface area (Å²) in [7, 11) is 0. The largest absolute Gasteiger partial charge is 0.450 e. The van der Waals surface area contributed by atoms with Crippen molar-refractivity contribution in [2.45, 2.75) is 25.0 Å². The van der Waals surface area contributed by atoms with Crippen LogP contribution in [-0.2, 0) is 15.8 Å². The van der Waals surface area contributed by atoms with Crippen molar-refractivity contribution in [2.75, 3.05) is 19.7 Å². The standard InChI is InChI=1S/C8H15NO4S/c1-2-13-8(10)9-5-3-7(4-6-9)14(11)12/h7H,2-6H2,1H3,(H,11,12). The van der Waals surface area contributed by atoms with E-state index in [1.807, 2.05) is 0 Å². The molecule has 0 bridgehead atoms. The van der Waals surface area contributed by atoms with Gasteiger partial charge in [0.25, 0.3) is 0 Å². The molecule has 1 unspecified atom stereocenters. The molecule has 0 aromatic heterocycles. The zero-order chi connectivity index (χ0) is 10.6. The van der Waals surface area contributed by atoms with Crippen molar-refractivity contribution < 1.29 is 18.3 Å². The van der Waals surface area contributed by atoms with Gasteiger partial charge in [0.2, 0.25) is 0 Å². The van der Waals surface area contributed by atoms with Crippen molar-refractivity contribution >= 4 is 17.2 Å². The van der Waals surface area contributed by atoms with Crippen LogP contribution in [0, 0.1) is 0 Å². The Morgan fingerprint density at radius 1 is 1.57 bits per heavy atom. The van der Waals surface area contributed by atoms with Crippen LogP contribution in [0.5, 0.6) is 0 Å². The Morgan fingerprint density at radius 2 is 2.14 bits per heavy atom. The molecule has 1 amide bonds. The van der Waals surface area contributed by atoms with Crippen molar-refractivity contribution in [3.05, 3.63) is 0 Å². The average molecular weight is 221 g/mol. The second-order valence-electron chi connectivity index (χ2n) is 3.16. The quantitative estimate of drug-likeness (QED) is 0.701. The predicted octanol–water partition coefficient (Wildman–Crippen LogP) is 0.829. The van der Waals surface area contributed by atoms with Gasteiger partial charge in [-0.25, -0.2) is 9.00 Å². The lowest BCUT2D eigenvalue weighted by Crippen LogP contribution is -2.41. The van der Waals surface area contributed by atoms with Gasteiger partial charge in [-0.3, -0.25) is 0 Å². The summed E-state index contributed by atoms with van der Waals surface area (Å²) in [6.45, 7) is 3.14. The molecule has 0 aromatic rings. The maximum Gasteiger partial charge on any atom is 0.409 e. The number of likely N-dealkylation sites (tertiary alicyclic amines) is 1. The number of amides is 1. The van der Waals surface area contributed by atoms with Crippen LogP contribution in [0.25, 0.3) is 0 Å². The maximum absolute atomic E-state index is 11.2. The van der Waals surface area contributed by atoms with E-state index in [1.165, 1.54) is 0 Å². The van der Waals surface area contributed by atoms with E-state index in [2.05, 4.69) is 0 Å². The van der Waals surface area contributed by atoms with Gasteiger partial charge >= 0.3 is 6.09 Å². The fourth-order valence-corrected chi connectivity index (χ4v) is 2.07. The minimum Gasteiger partial charge on any atom is -0.450 e. The minimum absolute atomic E-state index is 0.194. The van der Waals surface area contributed by atoms with Crippen LogP contribution in [0.2, 0.25) is 0 Å². The Kier molecular flexibility index (Phi) is 4.34. The summed E-state index contributed by atoms with van der Waals surface area (Å²) in [6.07, 6.45) is 0.818. The molecule has 0 aliphatic carbocycles. The SMILES string of the molecule is CCOC(=O)N1CCC(S(=O)O)CC1. The molecule has 1 heterocycles. The normalized spacial score (nSPS) is 20.6. The van der Waals surface area contributed by atoms with Crippen molar-refractivity contribution in [1.29, 1.82) is 0 Å². The molecule has 1 aliphatic rings. The Morgan fingerprint density at radius 3 is 2.57 bits per heavy atom. The lowest BCUT2D eigenvalue weighted by Gasteiger charge is -2.29. The Labute approximate surface area is 85.7 Å². The van der Waals surface area contributed by atoms with Gasteiger partial charge in [-0.05, 0) is 19.8 Å². The van der Waals surface area contributed by atoms with E-state index in [0.29, 0.717) is 32.5 Å². The average Bonchev–Trinajstić information content (AvgIpc) is 2.18. The summed E-state index contributed by atoms with van der Waals surface area (Å²) in [6, 6.07) is 0. The molecule has 1 rings (SSSR count). The number of hydrogen-bond donors (Lipinski definition) is 1. The van der Waals surface area contributed by atoms with Crippen LogP contribution in [-0.4, -0.2) is 44.7 Å². The van der Waals surface area contributed by atoms with E-state index < -0.39 is 11.1 Å². The second kappa shape index (κ2) is 5.31. The molecule has 1 atom stereocenters. The first-order chi connectivity index (χ1) is 6.65. The molecular weight excluding hydrogens is 206 g/mol. The van der Waals surface area contributed by atoms with Gasteiger partial charge in [0, 0.05) is 13.1 Å². The first-order valence-electron chi connectivity index (χ1n) is 4.66. The molecule has 1 N–H and O–H groups in total. The van der Waals surface area contributed by atoms with E-state index in [9.17, 15) is 9.00 Å². The molecule has 0 spiro atoms. The van der Waals surface area contributed by atoms with Gasteiger partial charge in [0.1, 0.15) is 0 Å². The zero-order valence-electron chi connectivity index (χ0n) is 8.14. The minimum atomic E-state index is -1.76. The molecule has 1 aliphatic heterocycles. The molecule has 6 heteroatoms. The van der Waals surface area contributed by atoms with Gasteiger partial charge < -0.3 is 14.2 Å². The van der Waals surface area contributed by atoms with Gasteiger partial charge in [0.15, 0.2) is 11.1 Å². The van der Waals surface area contributed by atoms with Gasteiger partial charge in [-0.1, -0.05) is 0 Å². The van der Waals surface area contributed by atoms with E-state index in [-0.39, 0.29) is 11.3 Å². The highest BCUT2D eigenvalue weighted by molar-refractivity contribution is 7.79. The molecule has 0 radical (unpaired) electrons. The smallest absolute Gasteiger partial charge is 0.409 e. The second-order valence-corrected chi connectivity index (χ2v) is 4.38. The van der Waals surface area contributed by atoms with Crippen LogP contribution >= 0.6 is 0 Å². The molecule has 1 saturated heterocycles. The molecule has 82 valence electrons. The summed E-state index contributed by atoms with van der Waals surface area (Å²) in [4.78, 5) is 12.8. The highest BCUT2D eigenvalue weighted by Crippen LogP contribution is 2.15. The number of hydrogen-bond acceptors (Lipinski definition) is 3. The predicted molar refractivity (Wildman–Crippen MR) is 52.4 cm³/mol. The topological polar surface area (TPSA) is 66.8 Å². The number of piperidine rings is 1. The maximum atomic E-state index is 11.2. The van der Waals surface area contributed by atoms with E-state index in [4.69, 9.17) is 9.29 Å². The van der Waals surface area contributed by atoms with E-state index >= 15 is 0 Å². The Hall–Kier alpha value is -0.620. The number of rotatable bonds is 2. The highest BCUT2D eigenvalue weighted by atomic mass is 32.2. The van der Waals surface area contributed by atoms with Gasteiger partial charge in [-0.15, -0.1) is 0 Å². The molecule has 1 fully saturated rings. The third-order valence-electron chi connectivity index (χ3n) is 2.25. The fraction of sp³-hybridized carbons (Fsp3) is 0.875. The van der Waals surface area contributed by atoms with Crippen LogP contribution in [0.4, 0.5) is 4.79 Å². The van der Waals surface area contributed by atoms with Crippen molar-refractivity contribution in [2.24, 2.45) is 0 Å². The van der Waals surface area contributed by atoms with Crippen LogP contribution < -0.4 is 0 Å². The summed E-state index contributed by atoms with van der Waals surface area (Å²) in [5.74, 6) is 0. The number of ether oxygens (including phenoxy) is 1. The first kappa shape index (κ1) is 11.5. The number of nitrogens with zero attached hydrogens (tertiary/aromatic N) is 1. The zero-order valence-corrected chi connectivity index (χ0v) is 8.96. The Balaban J connectivity index is 2.35. The highest BCUT2D eigenvalue weighted by Gasteiger charge is 2.26. The summed E-state index contributed by atoms with van der Waals surface area (Å²) < 4.78 is 24.4. The van der Waals surface area contributed by atoms with Crippen LogP contribution in [0.3, 0.4) is 0 Å². The van der Waals surface area contributed by atoms with Gasteiger partial charge in [-0.2, -0.15) is 0 Å². The summed E-state index contributed by atoms with van der Waals surface area (Å²) in [5, 5.41) is -0.194. The first-order valence-corrected chi connectivity index (χ1v) is 5.83. The van der Waals surface area contributed by atoms with E-state index in [0.717, 1.165) is 0 Å². The van der Waals surface area contributed by atoms with Crippen molar-refractivity contribution in [3.63, 3.8) is 0 Å². The van der Waals surface area contributed by atoms with Crippen LogP contribution in [0.1, 0.15) is 19.8 Å². The van der Waals surface area contributed by atoms with Crippen LogP contribution in [0.15, 0.2) is 0 Å². The number of carbonyl (C=O) groups is 1. The van der Waals surface area contributed by atoms with Crippen molar-refractivity contribution in [3.8, 4) is 0 Å². The lowest BCUT2D eigenvalue weighted by atomic mass is 10.1. The molecular formula is C8H15NO4S. The third-order valence-corrected chi connectivity index (χ3v) is 3.29. The molecule has 5 nitrogen and oxygen atoms in total. The molecule has 14 heavy (non-hydrogen) atoms. The Bertz CT molecular complexity index is 225. The monoisotopic (exact) mass is 221 g/mol. The molecule has 0 saturated carbocycles. The summed E-state index contributed by atoms with van der Waals surface area (Å²) in [5.41, 5.74) is 0.